The van der Waals surface area contributed by atoms with Crippen LogP contribution >= 0.6 is 11.6 Å². The summed E-state index contributed by atoms with van der Waals surface area (Å²) in [5, 5.41) is 5.00. The fraction of sp³-hybridized carbons (Fsp3) is 0.500. The lowest BCUT2D eigenvalue weighted by atomic mass is 9.77. The predicted octanol–water partition coefficient (Wildman–Crippen LogP) is 4.51. The Hall–Kier alpha value is -1.12. The highest BCUT2D eigenvalue weighted by molar-refractivity contribution is 6.18. The highest BCUT2D eigenvalue weighted by Crippen LogP contribution is 2.33. The zero-order valence-corrected chi connectivity index (χ0v) is 13.4. The predicted molar refractivity (Wildman–Crippen MR) is 89.7 cm³/mol. The number of nitrogens with one attached hydrogen (secondary N) is 1. The van der Waals surface area contributed by atoms with Gasteiger partial charge in [0.1, 0.15) is 0 Å². The van der Waals surface area contributed by atoms with E-state index in [0.29, 0.717) is 5.88 Å². The molecule has 2 atom stereocenters. The molecular formula is C18H23ClN2. The van der Waals surface area contributed by atoms with E-state index in [1.807, 2.05) is 12.3 Å². The standard InChI is InChI=1S/C18H23ClN2/c1-14-5-4-9-18(11-14,13-19)21-12-15-8-10-20-17-7-3-2-6-16(15)17/h2-3,6-8,10,14,21H,4-5,9,11-13H2,1H3. The lowest BCUT2D eigenvalue weighted by molar-refractivity contribution is 0.208. The van der Waals surface area contributed by atoms with Crippen LogP contribution in [0.3, 0.4) is 0 Å². The number of para-hydroxylation sites is 1. The maximum atomic E-state index is 6.31. The zero-order valence-electron chi connectivity index (χ0n) is 12.6. The normalized spacial score (nSPS) is 26.1. The molecule has 1 aromatic carbocycles. The molecule has 0 bridgehead atoms. The van der Waals surface area contributed by atoms with Gasteiger partial charge in [0.15, 0.2) is 0 Å². The first-order valence-corrected chi connectivity index (χ1v) is 8.39. The Balaban J connectivity index is 1.79. The first kappa shape index (κ1) is 14.8. The lowest BCUT2D eigenvalue weighted by Gasteiger charge is -2.39. The lowest BCUT2D eigenvalue weighted by Crippen LogP contribution is -2.49. The number of rotatable bonds is 4. The number of hydrogen-bond acceptors (Lipinski definition) is 2. The molecular weight excluding hydrogens is 280 g/mol. The van der Waals surface area contributed by atoms with Crippen LogP contribution < -0.4 is 5.32 Å². The summed E-state index contributed by atoms with van der Waals surface area (Å²) in [4.78, 5) is 4.43. The third-order valence-electron chi connectivity index (χ3n) is 4.74. The number of aromatic nitrogens is 1. The van der Waals surface area contributed by atoms with Gasteiger partial charge in [-0.1, -0.05) is 38.0 Å². The molecule has 1 aliphatic rings. The van der Waals surface area contributed by atoms with Crippen molar-refractivity contribution in [3.8, 4) is 0 Å². The molecule has 3 heteroatoms. The molecule has 1 aromatic heterocycles. The van der Waals surface area contributed by atoms with Gasteiger partial charge in [-0.3, -0.25) is 4.98 Å². The topological polar surface area (TPSA) is 24.9 Å². The SMILES string of the molecule is CC1CCCC(CCl)(NCc2ccnc3ccccc23)C1. The smallest absolute Gasteiger partial charge is 0.0705 e. The number of pyridine rings is 1. The van der Waals surface area contributed by atoms with Crippen molar-refractivity contribution in [3.63, 3.8) is 0 Å². The van der Waals surface area contributed by atoms with E-state index in [4.69, 9.17) is 11.6 Å². The zero-order chi connectivity index (χ0) is 14.7. The Kier molecular flexibility index (Phi) is 4.46. The van der Waals surface area contributed by atoms with E-state index in [1.165, 1.54) is 36.6 Å². The molecule has 21 heavy (non-hydrogen) atoms. The van der Waals surface area contributed by atoms with E-state index in [0.717, 1.165) is 18.0 Å². The Labute approximate surface area is 131 Å². The van der Waals surface area contributed by atoms with E-state index < -0.39 is 0 Å². The largest absolute Gasteiger partial charge is 0.306 e. The van der Waals surface area contributed by atoms with Crippen molar-refractivity contribution in [3.05, 3.63) is 42.1 Å². The maximum Gasteiger partial charge on any atom is 0.0705 e. The van der Waals surface area contributed by atoms with Crippen LogP contribution in [0.4, 0.5) is 0 Å². The van der Waals surface area contributed by atoms with E-state index in [9.17, 15) is 0 Å². The Bertz CT molecular complexity index is 608. The van der Waals surface area contributed by atoms with Crippen LogP contribution in [0.1, 0.15) is 38.2 Å². The number of alkyl halides is 1. The first-order chi connectivity index (χ1) is 10.2. The molecule has 0 amide bonds. The molecule has 0 aliphatic heterocycles. The van der Waals surface area contributed by atoms with Gasteiger partial charge in [-0.2, -0.15) is 0 Å². The fourth-order valence-corrected chi connectivity index (χ4v) is 3.92. The van der Waals surface area contributed by atoms with Gasteiger partial charge in [0, 0.05) is 29.5 Å². The third-order valence-corrected chi connectivity index (χ3v) is 5.25. The summed E-state index contributed by atoms with van der Waals surface area (Å²) in [6, 6.07) is 10.4. The molecule has 1 aliphatic carbocycles. The van der Waals surface area contributed by atoms with Gasteiger partial charge in [0.2, 0.25) is 0 Å². The van der Waals surface area contributed by atoms with Crippen LogP contribution in [0.2, 0.25) is 0 Å². The van der Waals surface area contributed by atoms with Crippen molar-refractivity contribution in [2.75, 3.05) is 5.88 Å². The van der Waals surface area contributed by atoms with Crippen LogP contribution in [0.5, 0.6) is 0 Å². The molecule has 112 valence electrons. The van der Waals surface area contributed by atoms with Gasteiger partial charge < -0.3 is 5.32 Å². The van der Waals surface area contributed by atoms with E-state index in [-0.39, 0.29) is 5.54 Å². The minimum atomic E-state index is 0.101. The number of benzene rings is 1. The van der Waals surface area contributed by atoms with Gasteiger partial charge >= 0.3 is 0 Å². The van der Waals surface area contributed by atoms with Crippen molar-refractivity contribution >= 4 is 22.5 Å². The Morgan fingerprint density at radius 3 is 3.00 bits per heavy atom. The second-order valence-corrected chi connectivity index (χ2v) is 6.72. The molecule has 2 nitrogen and oxygen atoms in total. The summed E-state index contributed by atoms with van der Waals surface area (Å²) in [5.41, 5.74) is 2.47. The summed E-state index contributed by atoms with van der Waals surface area (Å²) >= 11 is 6.31. The monoisotopic (exact) mass is 302 g/mol. The molecule has 2 aromatic rings. The molecule has 1 saturated carbocycles. The summed E-state index contributed by atoms with van der Waals surface area (Å²) in [6.07, 6.45) is 6.87. The van der Waals surface area contributed by atoms with E-state index >= 15 is 0 Å². The molecule has 0 saturated heterocycles. The molecule has 0 spiro atoms. The summed E-state index contributed by atoms with van der Waals surface area (Å²) in [7, 11) is 0. The quantitative estimate of drug-likeness (QED) is 0.840. The van der Waals surface area contributed by atoms with E-state index in [1.54, 1.807) is 0 Å². The molecule has 1 N–H and O–H groups in total. The maximum absolute atomic E-state index is 6.31. The molecule has 2 unspecified atom stereocenters. The van der Waals surface area contributed by atoms with Crippen molar-refractivity contribution in [1.29, 1.82) is 0 Å². The summed E-state index contributed by atoms with van der Waals surface area (Å²) in [5.74, 6) is 1.46. The number of halogens is 1. The number of hydrogen-bond donors (Lipinski definition) is 1. The minimum absolute atomic E-state index is 0.101. The number of nitrogens with zero attached hydrogens (tertiary/aromatic N) is 1. The molecule has 1 heterocycles. The molecule has 3 rings (SSSR count). The van der Waals surface area contributed by atoms with Gasteiger partial charge in [-0.05, 0) is 36.5 Å². The second-order valence-electron chi connectivity index (χ2n) is 6.46. The highest BCUT2D eigenvalue weighted by Gasteiger charge is 2.33. The Morgan fingerprint density at radius 2 is 2.19 bits per heavy atom. The van der Waals surface area contributed by atoms with Gasteiger partial charge in [0.05, 0.1) is 5.52 Å². The minimum Gasteiger partial charge on any atom is -0.306 e. The van der Waals surface area contributed by atoms with Crippen LogP contribution in [0.25, 0.3) is 10.9 Å². The Morgan fingerprint density at radius 1 is 1.33 bits per heavy atom. The highest BCUT2D eigenvalue weighted by atomic mass is 35.5. The second kappa shape index (κ2) is 6.33. The molecule has 0 radical (unpaired) electrons. The van der Waals surface area contributed by atoms with Crippen molar-refractivity contribution in [2.24, 2.45) is 5.92 Å². The van der Waals surface area contributed by atoms with E-state index in [2.05, 4.69) is 41.5 Å². The fourth-order valence-electron chi connectivity index (χ4n) is 3.58. The van der Waals surface area contributed by atoms with Gasteiger partial charge in [0.25, 0.3) is 0 Å². The van der Waals surface area contributed by atoms with Crippen LogP contribution in [0.15, 0.2) is 36.5 Å². The average Bonchev–Trinajstić information content (AvgIpc) is 2.53. The van der Waals surface area contributed by atoms with Crippen molar-refractivity contribution < 1.29 is 0 Å². The van der Waals surface area contributed by atoms with Crippen molar-refractivity contribution in [2.45, 2.75) is 44.7 Å². The van der Waals surface area contributed by atoms with Gasteiger partial charge in [-0.25, -0.2) is 0 Å². The van der Waals surface area contributed by atoms with Gasteiger partial charge in [-0.15, -0.1) is 11.6 Å². The molecule has 1 fully saturated rings. The first-order valence-electron chi connectivity index (χ1n) is 7.86. The van der Waals surface area contributed by atoms with Crippen LogP contribution in [-0.4, -0.2) is 16.4 Å². The summed E-state index contributed by atoms with van der Waals surface area (Å²) < 4.78 is 0. The average molecular weight is 303 g/mol. The number of fused-ring (bicyclic) bond motifs is 1. The third kappa shape index (κ3) is 3.22. The van der Waals surface area contributed by atoms with Crippen molar-refractivity contribution in [1.82, 2.24) is 10.3 Å². The van der Waals surface area contributed by atoms with Crippen LogP contribution in [-0.2, 0) is 6.54 Å². The summed E-state index contributed by atoms with van der Waals surface area (Å²) in [6.45, 7) is 3.20. The van der Waals surface area contributed by atoms with Crippen LogP contribution in [0, 0.1) is 5.92 Å².